The summed E-state index contributed by atoms with van der Waals surface area (Å²) < 4.78 is 16.6. The summed E-state index contributed by atoms with van der Waals surface area (Å²) in [5.74, 6) is 1.39. The Morgan fingerprint density at radius 1 is 1.15 bits per heavy atom. The maximum absolute atomic E-state index is 12.8. The molecular weight excluding hydrogens is 420 g/mol. The number of amides is 1. The quantitative estimate of drug-likeness (QED) is 0.618. The van der Waals surface area contributed by atoms with Gasteiger partial charge >= 0.3 is 6.01 Å². The maximum atomic E-state index is 12.8. The Hall–Kier alpha value is -3.39. The molecule has 0 saturated carbocycles. The number of hydrogen-bond acceptors (Lipinski definition) is 7. The van der Waals surface area contributed by atoms with E-state index in [2.05, 4.69) is 33.7 Å². The molecule has 0 aliphatic carbocycles. The molecule has 2 aromatic carbocycles. The fraction of sp³-hybridized carbons (Fsp3) is 0.400. The SMILES string of the molecule is COc1ccc(-c2noc(N3CCC(C(=O)NCC4OCCc5ccccc54)CC3)n2)cc1. The van der Waals surface area contributed by atoms with Crippen LogP contribution in [0.2, 0.25) is 0 Å². The summed E-state index contributed by atoms with van der Waals surface area (Å²) in [6.07, 6.45) is 2.34. The molecule has 1 atom stereocenters. The van der Waals surface area contributed by atoms with Crippen molar-refractivity contribution in [3.05, 3.63) is 59.7 Å². The van der Waals surface area contributed by atoms with Gasteiger partial charge in [-0.1, -0.05) is 29.4 Å². The molecule has 0 bridgehead atoms. The highest BCUT2D eigenvalue weighted by Crippen LogP contribution is 2.28. The minimum absolute atomic E-state index is 0.0240. The first-order chi connectivity index (χ1) is 16.2. The number of carbonyl (C=O) groups is 1. The van der Waals surface area contributed by atoms with Crippen molar-refractivity contribution in [3.8, 4) is 17.1 Å². The van der Waals surface area contributed by atoms with Gasteiger partial charge in [-0.2, -0.15) is 4.98 Å². The Morgan fingerprint density at radius 3 is 2.73 bits per heavy atom. The molecule has 1 aromatic heterocycles. The lowest BCUT2D eigenvalue weighted by Crippen LogP contribution is -2.42. The second kappa shape index (κ2) is 9.62. The van der Waals surface area contributed by atoms with Crippen LogP contribution >= 0.6 is 0 Å². The zero-order valence-electron chi connectivity index (χ0n) is 18.7. The number of ether oxygens (including phenoxy) is 2. The van der Waals surface area contributed by atoms with Gasteiger partial charge in [-0.15, -0.1) is 0 Å². The van der Waals surface area contributed by atoms with Gasteiger partial charge in [-0.3, -0.25) is 4.79 Å². The highest BCUT2D eigenvalue weighted by Gasteiger charge is 2.29. The largest absolute Gasteiger partial charge is 0.497 e. The monoisotopic (exact) mass is 448 g/mol. The van der Waals surface area contributed by atoms with Crippen LogP contribution < -0.4 is 15.0 Å². The van der Waals surface area contributed by atoms with Crippen molar-refractivity contribution in [2.45, 2.75) is 25.4 Å². The summed E-state index contributed by atoms with van der Waals surface area (Å²) in [7, 11) is 1.63. The molecule has 0 radical (unpaired) electrons. The van der Waals surface area contributed by atoms with Gasteiger partial charge in [0.1, 0.15) is 11.9 Å². The number of fused-ring (bicyclic) bond motifs is 1. The van der Waals surface area contributed by atoms with Crippen molar-refractivity contribution in [1.29, 1.82) is 0 Å². The lowest BCUT2D eigenvalue weighted by molar-refractivity contribution is -0.126. The van der Waals surface area contributed by atoms with Gasteiger partial charge in [0.15, 0.2) is 0 Å². The number of rotatable bonds is 6. The smallest absolute Gasteiger partial charge is 0.324 e. The third kappa shape index (κ3) is 4.71. The third-order valence-corrected chi connectivity index (χ3v) is 6.45. The molecule has 1 N–H and O–H groups in total. The summed E-state index contributed by atoms with van der Waals surface area (Å²) in [5.41, 5.74) is 3.36. The van der Waals surface area contributed by atoms with Crippen molar-refractivity contribution >= 4 is 11.9 Å². The fourth-order valence-electron chi connectivity index (χ4n) is 4.52. The summed E-state index contributed by atoms with van der Waals surface area (Å²) in [6, 6.07) is 16.3. The highest BCUT2D eigenvalue weighted by molar-refractivity contribution is 5.79. The second-order valence-corrected chi connectivity index (χ2v) is 8.44. The Bertz CT molecular complexity index is 1090. The minimum Gasteiger partial charge on any atom is -0.497 e. The maximum Gasteiger partial charge on any atom is 0.324 e. The van der Waals surface area contributed by atoms with E-state index < -0.39 is 0 Å². The van der Waals surface area contributed by atoms with Gasteiger partial charge in [-0.25, -0.2) is 0 Å². The van der Waals surface area contributed by atoms with Gasteiger partial charge < -0.3 is 24.2 Å². The van der Waals surface area contributed by atoms with Crippen LogP contribution in [-0.2, 0) is 16.0 Å². The number of benzene rings is 2. The van der Waals surface area contributed by atoms with Crippen molar-refractivity contribution in [2.75, 3.05) is 38.3 Å². The number of methoxy groups -OCH3 is 1. The van der Waals surface area contributed by atoms with Crippen molar-refractivity contribution in [1.82, 2.24) is 15.5 Å². The zero-order chi connectivity index (χ0) is 22.6. The summed E-state index contributed by atoms with van der Waals surface area (Å²) in [4.78, 5) is 19.4. The first kappa shape index (κ1) is 21.5. The van der Waals surface area contributed by atoms with Gasteiger partial charge in [0.2, 0.25) is 11.7 Å². The topological polar surface area (TPSA) is 89.7 Å². The Kier molecular flexibility index (Phi) is 6.26. The molecule has 3 heterocycles. The highest BCUT2D eigenvalue weighted by atomic mass is 16.5. The summed E-state index contributed by atoms with van der Waals surface area (Å²) >= 11 is 0. The number of aromatic nitrogens is 2. The van der Waals surface area contributed by atoms with Crippen LogP contribution in [-0.4, -0.2) is 49.4 Å². The number of carbonyl (C=O) groups excluding carboxylic acids is 1. The van der Waals surface area contributed by atoms with Gasteiger partial charge in [-0.05, 0) is 54.7 Å². The first-order valence-corrected chi connectivity index (χ1v) is 11.4. The lowest BCUT2D eigenvalue weighted by atomic mass is 9.95. The predicted octanol–water partition coefficient (Wildman–Crippen LogP) is 3.39. The van der Waals surface area contributed by atoms with Crippen molar-refractivity contribution in [2.24, 2.45) is 5.92 Å². The van der Waals surface area contributed by atoms with Gasteiger partial charge in [0.25, 0.3) is 0 Å². The molecule has 172 valence electrons. The van der Waals surface area contributed by atoms with E-state index in [1.165, 1.54) is 11.1 Å². The Morgan fingerprint density at radius 2 is 1.94 bits per heavy atom. The third-order valence-electron chi connectivity index (χ3n) is 6.45. The fourth-order valence-corrected chi connectivity index (χ4v) is 4.52. The van der Waals surface area contributed by atoms with Crippen LogP contribution in [0.5, 0.6) is 5.75 Å². The molecule has 8 nitrogen and oxygen atoms in total. The normalized spacial score (nSPS) is 18.6. The zero-order valence-corrected chi connectivity index (χ0v) is 18.7. The first-order valence-electron chi connectivity index (χ1n) is 11.4. The van der Waals surface area contributed by atoms with Crippen LogP contribution in [0.25, 0.3) is 11.4 Å². The minimum atomic E-state index is -0.0752. The van der Waals surface area contributed by atoms with E-state index in [0.717, 1.165) is 30.6 Å². The van der Waals surface area contributed by atoms with Crippen LogP contribution in [0.1, 0.15) is 30.1 Å². The molecule has 3 aromatic rings. The van der Waals surface area contributed by atoms with Gasteiger partial charge in [0, 0.05) is 31.1 Å². The van der Waals surface area contributed by atoms with Crippen molar-refractivity contribution in [3.63, 3.8) is 0 Å². The van der Waals surface area contributed by atoms with E-state index in [4.69, 9.17) is 14.0 Å². The number of hydrogen-bond donors (Lipinski definition) is 1. The van der Waals surface area contributed by atoms with Gasteiger partial charge in [0.05, 0.1) is 13.7 Å². The van der Waals surface area contributed by atoms with Crippen LogP contribution in [0.15, 0.2) is 53.1 Å². The molecule has 1 unspecified atom stereocenters. The van der Waals surface area contributed by atoms with E-state index in [9.17, 15) is 4.79 Å². The van der Waals surface area contributed by atoms with Crippen LogP contribution in [0.3, 0.4) is 0 Å². The molecule has 2 aliphatic heterocycles. The molecule has 0 spiro atoms. The number of anilines is 1. The standard InChI is InChI=1S/C25H28N4O4/c1-31-20-8-6-18(7-9-20)23-27-25(33-28-23)29-13-10-19(11-14-29)24(30)26-16-22-21-5-3-2-4-17(21)12-15-32-22/h2-9,19,22H,10-16H2,1H3,(H,26,30). The summed E-state index contributed by atoms with van der Waals surface area (Å²) in [5, 5.41) is 7.22. The average molecular weight is 449 g/mol. The number of nitrogens with one attached hydrogen (secondary N) is 1. The second-order valence-electron chi connectivity index (χ2n) is 8.44. The van der Waals surface area contributed by atoms with Crippen LogP contribution in [0, 0.1) is 5.92 Å². The molecule has 5 rings (SSSR count). The molecule has 33 heavy (non-hydrogen) atoms. The van der Waals surface area contributed by atoms with E-state index >= 15 is 0 Å². The van der Waals surface area contributed by atoms with Crippen molar-refractivity contribution < 1.29 is 18.8 Å². The molecular formula is C25H28N4O4. The number of piperidine rings is 1. The molecule has 1 fully saturated rings. The molecule has 1 saturated heterocycles. The average Bonchev–Trinajstić information content (AvgIpc) is 3.38. The molecule has 2 aliphatic rings. The van der Waals surface area contributed by atoms with E-state index in [1.54, 1.807) is 7.11 Å². The Labute approximate surface area is 192 Å². The Balaban J connectivity index is 1.13. The molecule has 8 heteroatoms. The van der Waals surface area contributed by atoms with E-state index in [1.807, 2.05) is 35.2 Å². The van der Waals surface area contributed by atoms with E-state index in [-0.39, 0.29) is 17.9 Å². The van der Waals surface area contributed by atoms with Crippen LogP contribution in [0.4, 0.5) is 6.01 Å². The predicted molar refractivity (Wildman–Crippen MR) is 123 cm³/mol. The van der Waals surface area contributed by atoms with E-state index in [0.29, 0.717) is 38.1 Å². The molecule has 1 amide bonds. The lowest BCUT2D eigenvalue weighted by Gasteiger charge is -2.31. The summed E-state index contributed by atoms with van der Waals surface area (Å²) in [6.45, 7) is 2.60. The number of nitrogens with zero attached hydrogens (tertiary/aromatic N) is 3.